The number of pyridine rings is 1. The van der Waals surface area contributed by atoms with Crippen LogP contribution in [-0.4, -0.2) is 28.5 Å². The van der Waals surface area contributed by atoms with Crippen LogP contribution in [0.3, 0.4) is 0 Å². The van der Waals surface area contributed by atoms with E-state index in [1.807, 2.05) is 0 Å². The largest absolute Gasteiger partial charge is 0.481 e. The van der Waals surface area contributed by atoms with Gasteiger partial charge in [0.05, 0.1) is 10.9 Å². The molecule has 0 aliphatic heterocycles. The molecule has 1 amide bonds. The maximum atomic E-state index is 12.0. The minimum atomic E-state index is -0.805. The number of carbonyl (C=O) groups excluding carboxylic acids is 1. The lowest BCUT2D eigenvalue weighted by Crippen LogP contribution is -2.33. The van der Waals surface area contributed by atoms with Crippen molar-refractivity contribution < 1.29 is 14.7 Å². The topological polar surface area (TPSA) is 79.3 Å². The first kappa shape index (κ1) is 15.1. The van der Waals surface area contributed by atoms with E-state index in [4.69, 9.17) is 28.3 Å². The zero-order valence-electron chi connectivity index (χ0n) is 10.6. The second kappa shape index (κ2) is 6.41. The summed E-state index contributed by atoms with van der Waals surface area (Å²) in [6.45, 7) is 0.306. The molecule has 2 rings (SSSR count). The third-order valence-corrected chi connectivity index (χ3v) is 4.04. The number of halogens is 2. The lowest BCUT2D eigenvalue weighted by atomic mass is 9.96. The standard InChI is InChI=1S/C13H14Cl2N2O3/c14-9-4-5-10(15)17-11(9)12(18)16-6-7-2-1-3-8(7)13(19)20/h4-5,7-8H,1-3,6H2,(H,16,18)(H,19,20). The van der Waals surface area contributed by atoms with E-state index >= 15 is 0 Å². The van der Waals surface area contributed by atoms with Crippen LogP contribution in [-0.2, 0) is 4.79 Å². The van der Waals surface area contributed by atoms with Crippen molar-refractivity contribution in [1.29, 1.82) is 0 Å². The fourth-order valence-corrected chi connectivity index (χ4v) is 2.83. The number of rotatable bonds is 4. The molecule has 1 aliphatic rings. The first-order chi connectivity index (χ1) is 9.49. The fourth-order valence-electron chi connectivity index (χ4n) is 2.49. The Kier molecular flexibility index (Phi) is 4.83. The Labute approximate surface area is 126 Å². The Morgan fingerprint density at radius 2 is 2.10 bits per heavy atom. The van der Waals surface area contributed by atoms with E-state index in [0.717, 1.165) is 12.8 Å². The molecule has 1 saturated carbocycles. The highest BCUT2D eigenvalue weighted by molar-refractivity contribution is 6.34. The van der Waals surface area contributed by atoms with E-state index in [0.29, 0.717) is 13.0 Å². The molecule has 5 nitrogen and oxygen atoms in total. The van der Waals surface area contributed by atoms with E-state index < -0.39 is 17.8 Å². The lowest BCUT2D eigenvalue weighted by Gasteiger charge is -2.16. The Balaban J connectivity index is 1.98. The first-order valence-electron chi connectivity index (χ1n) is 6.32. The number of carboxylic acids is 1. The normalized spacial score (nSPS) is 21.7. The Bertz CT molecular complexity index is 536. The number of aromatic nitrogens is 1. The molecular formula is C13H14Cl2N2O3. The molecule has 2 N–H and O–H groups in total. The van der Waals surface area contributed by atoms with Crippen LogP contribution in [0.25, 0.3) is 0 Å². The minimum absolute atomic E-state index is 0.0468. The Morgan fingerprint density at radius 3 is 2.80 bits per heavy atom. The summed E-state index contributed by atoms with van der Waals surface area (Å²) in [6.07, 6.45) is 2.33. The van der Waals surface area contributed by atoms with Gasteiger partial charge in [-0.25, -0.2) is 4.98 Å². The van der Waals surface area contributed by atoms with E-state index in [1.165, 1.54) is 12.1 Å². The van der Waals surface area contributed by atoms with Gasteiger partial charge in [-0.15, -0.1) is 0 Å². The maximum Gasteiger partial charge on any atom is 0.306 e. The van der Waals surface area contributed by atoms with E-state index in [9.17, 15) is 9.59 Å². The van der Waals surface area contributed by atoms with Crippen LogP contribution in [0.1, 0.15) is 29.8 Å². The monoisotopic (exact) mass is 316 g/mol. The van der Waals surface area contributed by atoms with Gasteiger partial charge in [-0.2, -0.15) is 0 Å². The van der Waals surface area contributed by atoms with Crippen molar-refractivity contribution in [2.75, 3.05) is 6.54 Å². The highest BCUT2D eigenvalue weighted by atomic mass is 35.5. The van der Waals surface area contributed by atoms with Crippen LogP contribution in [0.5, 0.6) is 0 Å². The second-order valence-corrected chi connectivity index (χ2v) is 5.60. The third kappa shape index (κ3) is 3.41. The summed E-state index contributed by atoms with van der Waals surface area (Å²) in [5.41, 5.74) is 0.0593. The molecule has 1 aromatic heterocycles. The van der Waals surface area contributed by atoms with Crippen LogP contribution in [0, 0.1) is 11.8 Å². The lowest BCUT2D eigenvalue weighted by molar-refractivity contribution is -0.142. The van der Waals surface area contributed by atoms with Gasteiger partial charge < -0.3 is 10.4 Å². The summed E-state index contributed by atoms with van der Waals surface area (Å²) in [6, 6.07) is 3.00. The zero-order valence-corrected chi connectivity index (χ0v) is 12.1. The molecule has 7 heteroatoms. The van der Waals surface area contributed by atoms with Crippen molar-refractivity contribution in [1.82, 2.24) is 10.3 Å². The molecule has 108 valence electrons. The second-order valence-electron chi connectivity index (χ2n) is 4.81. The smallest absolute Gasteiger partial charge is 0.306 e. The predicted octanol–water partition coefficient (Wildman–Crippen LogP) is 2.62. The first-order valence-corrected chi connectivity index (χ1v) is 7.07. The minimum Gasteiger partial charge on any atom is -0.481 e. The van der Waals surface area contributed by atoms with Gasteiger partial charge >= 0.3 is 5.97 Å². The van der Waals surface area contributed by atoms with Crippen molar-refractivity contribution in [2.24, 2.45) is 11.8 Å². The van der Waals surface area contributed by atoms with Gasteiger partial charge in [0, 0.05) is 6.54 Å². The van der Waals surface area contributed by atoms with Crippen LogP contribution >= 0.6 is 23.2 Å². The number of nitrogens with one attached hydrogen (secondary N) is 1. The number of aliphatic carboxylic acids is 1. The van der Waals surface area contributed by atoms with E-state index in [2.05, 4.69) is 10.3 Å². The number of hydrogen-bond acceptors (Lipinski definition) is 3. The van der Waals surface area contributed by atoms with Gasteiger partial charge in [0.2, 0.25) is 0 Å². The molecule has 0 spiro atoms. The molecule has 0 bridgehead atoms. The molecule has 2 atom stereocenters. The number of hydrogen-bond donors (Lipinski definition) is 2. The average Bonchev–Trinajstić information content (AvgIpc) is 2.87. The predicted molar refractivity (Wildman–Crippen MR) is 75.1 cm³/mol. The van der Waals surface area contributed by atoms with Crippen LogP contribution in [0.4, 0.5) is 0 Å². The van der Waals surface area contributed by atoms with E-state index in [1.54, 1.807) is 0 Å². The van der Waals surface area contributed by atoms with E-state index in [-0.39, 0.29) is 21.8 Å². The van der Waals surface area contributed by atoms with Gasteiger partial charge in [-0.3, -0.25) is 9.59 Å². The molecule has 0 saturated heterocycles. The molecule has 1 aliphatic carbocycles. The molecule has 1 fully saturated rings. The van der Waals surface area contributed by atoms with Gasteiger partial charge in [0.25, 0.3) is 5.91 Å². The van der Waals surface area contributed by atoms with Crippen LogP contribution in [0.15, 0.2) is 12.1 Å². The molecular weight excluding hydrogens is 303 g/mol. The van der Waals surface area contributed by atoms with Gasteiger partial charge in [-0.1, -0.05) is 29.6 Å². The summed E-state index contributed by atoms with van der Waals surface area (Å²) >= 11 is 11.6. The van der Waals surface area contributed by atoms with Crippen molar-refractivity contribution >= 4 is 35.1 Å². The summed E-state index contributed by atoms with van der Waals surface area (Å²) in [5.74, 6) is -1.68. The van der Waals surface area contributed by atoms with Gasteiger partial charge in [0.1, 0.15) is 10.8 Å². The number of carboxylic acid groups (broad SMARTS) is 1. The number of nitrogens with zero attached hydrogens (tertiary/aromatic N) is 1. The molecule has 2 unspecified atom stereocenters. The Hall–Kier alpha value is -1.33. The molecule has 1 heterocycles. The van der Waals surface area contributed by atoms with Gasteiger partial charge in [0.15, 0.2) is 0 Å². The summed E-state index contributed by atoms with van der Waals surface area (Å²) in [7, 11) is 0. The highest BCUT2D eigenvalue weighted by Crippen LogP contribution is 2.31. The number of amides is 1. The SMILES string of the molecule is O=C(NCC1CCCC1C(=O)O)c1nc(Cl)ccc1Cl. The quantitative estimate of drug-likeness (QED) is 0.837. The van der Waals surface area contributed by atoms with Crippen molar-refractivity contribution in [3.05, 3.63) is 28.0 Å². The van der Waals surface area contributed by atoms with Gasteiger partial charge in [-0.05, 0) is 30.9 Å². The average molecular weight is 317 g/mol. The van der Waals surface area contributed by atoms with Crippen LogP contribution in [0.2, 0.25) is 10.2 Å². The summed E-state index contributed by atoms with van der Waals surface area (Å²) in [4.78, 5) is 26.9. The summed E-state index contributed by atoms with van der Waals surface area (Å²) < 4.78 is 0. The Morgan fingerprint density at radius 1 is 1.35 bits per heavy atom. The molecule has 1 aromatic rings. The third-order valence-electron chi connectivity index (χ3n) is 3.53. The molecule has 0 radical (unpaired) electrons. The van der Waals surface area contributed by atoms with Crippen molar-refractivity contribution in [3.63, 3.8) is 0 Å². The maximum absolute atomic E-state index is 12.0. The molecule has 20 heavy (non-hydrogen) atoms. The molecule has 0 aromatic carbocycles. The van der Waals surface area contributed by atoms with Crippen LogP contribution < -0.4 is 5.32 Å². The fraction of sp³-hybridized carbons (Fsp3) is 0.462. The van der Waals surface area contributed by atoms with Crippen molar-refractivity contribution in [2.45, 2.75) is 19.3 Å². The summed E-state index contributed by atoms with van der Waals surface area (Å²) in [5, 5.41) is 12.2. The highest BCUT2D eigenvalue weighted by Gasteiger charge is 2.33. The number of carbonyl (C=O) groups is 2. The zero-order chi connectivity index (χ0) is 14.7. The van der Waals surface area contributed by atoms with Crippen molar-refractivity contribution in [3.8, 4) is 0 Å².